The third-order valence-corrected chi connectivity index (χ3v) is 23.5. The van der Waals surface area contributed by atoms with E-state index in [1.54, 1.807) is 0 Å². The van der Waals surface area contributed by atoms with E-state index in [1.165, 1.54) is 302 Å². The molecule has 19 heteroatoms. The molecule has 0 aliphatic carbocycles. The van der Waals surface area contributed by atoms with Crippen LogP contribution in [0.2, 0.25) is 0 Å². The van der Waals surface area contributed by atoms with Gasteiger partial charge in [-0.25, -0.2) is 9.13 Å². The van der Waals surface area contributed by atoms with Crippen molar-refractivity contribution >= 4 is 39.5 Å². The van der Waals surface area contributed by atoms with E-state index in [0.717, 1.165) is 102 Å². The number of hydrogen-bond acceptors (Lipinski definition) is 15. The summed E-state index contributed by atoms with van der Waals surface area (Å²) in [6.45, 7) is 9.74. The first-order valence-electron chi connectivity index (χ1n) is 46.5. The molecule has 17 nitrogen and oxygen atoms in total. The molecule has 0 rings (SSSR count). The van der Waals surface area contributed by atoms with Gasteiger partial charge in [0.2, 0.25) is 0 Å². The minimum absolute atomic E-state index is 0.109. The predicted octanol–water partition coefficient (Wildman–Crippen LogP) is 27.8. The van der Waals surface area contributed by atoms with Gasteiger partial charge in [-0.05, 0) is 37.5 Å². The van der Waals surface area contributed by atoms with Crippen LogP contribution < -0.4 is 0 Å². The van der Waals surface area contributed by atoms with Gasteiger partial charge in [-0.15, -0.1) is 0 Å². The summed E-state index contributed by atoms with van der Waals surface area (Å²) >= 11 is 0. The van der Waals surface area contributed by atoms with E-state index in [-0.39, 0.29) is 25.7 Å². The molecule has 0 bridgehead atoms. The molecule has 0 aromatic carbocycles. The van der Waals surface area contributed by atoms with E-state index in [0.29, 0.717) is 25.7 Å². The number of phosphoric ester groups is 2. The number of hydrogen-bond donors (Lipinski definition) is 3. The zero-order valence-corrected chi connectivity index (χ0v) is 73.7. The van der Waals surface area contributed by atoms with Gasteiger partial charge in [0.25, 0.3) is 0 Å². The quantitative estimate of drug-likeness (QED) is 0.0222. The van der Waals surface area contributed by atoms with E-state index >= 15 is 0 Å². The fourth-order valence-corrected chi connectivity index (χ4v) is 15.7. The molecule has 6 atom stereocenters. The summed E-state index contributed by atoms with van der Waals surface area (Å²) in [7, 11) is -9.94. The molecule has 648 valence electrons. The van der Waals surface area contributed by atoms with Crippen LogP contribution >= 0.6 is 15.6 Å². The second kappa shape index (κ2) is 81.2. The first-order chi connectivity index (χ1) is 52.9. The van der Waals surface area contributed by atoms with Gasteiger partial charge in [-0.1, -0.05) is 433 Å². The van der Waals surface area contributed by atoms with E-state index in [2.05, 4.69) is 41.5 Å². The molecule has 0 aromatic rings. The maximum atomic E-state index is 13.2. The SMILES string of the molecule is CCCCCCCCCCCCCCCCCCCCCCCC(=O)O[C@H](COC(=O)CCCCCCCCCCCCCCCCC(C)CC)COP(=O)(O)OC[C@@H](O)COP(=O)(O)OC[C@@H](COC(=O)CCCCCCCCCCCC(C)C)OC(=O)CCCCCCCCCCCCCCCCCCCC. The fraction of sp³-hybridized carbons (Fsp3) is 0.956. The molecule has 0 radical (unpaired) electrons. The molecule has 0 aliphatic heterocycles. The van der Waals surface area contributed by atoms with Gasteiger partial charge in [-0.2, -0.15) is 0 Å². The summed E-state index contributed by atoms with van der Waals surface area (Å²) in [6.07, 6.45) is 75.0. The number of aliphatic hydroxyl groups excluding tert-OH is 1. The smallest absolute Gasteiger partial charge is 0.462 e. The number of phosphoric acid groups is 2. The van der Waals surface area contributed by atoms with Crippen LogP contribution in [0.5, 0.6) is 0 Å². The topological polar surface area (TPSA) is 237 Å². The number of unbranched alkanes of at least 4 members (excludes halogenated alkanes) is 58. The Morgan fingerprint density at radius 3 is 0.697 bits per heavy atom. The van der Waals surface area contributed by atoms with Gasteiger partial charge in [0.1, 0.15) is 19.3 Å². The maximum absolute atomic E-state index is 13.2. The van der Waals surface area contributed by atoms with Crippen molar-refractivity contribution in [3.63, 3.8) is 0 Å². The number of ether oxygens (including phenoxy) is 4. The third kappa shape index (κ3) is 82.4. The zero-order valence-electron chi connectivity index (χ0n) is 71.9. The Balaban J connectivity index is 5.25. The Hall–Kier alpha value is -1.94. The highest BCUT2D eigenvalue weighted by Gasteiger charge is 2.31. The van der Waals surface area contributed by atoms with Crippen molar-refractivity contribution < 1.29 is 80.2 Å². The number of rotatable bonds is 89. The fourth-order valence-electron chi connectivity index (χ4n) is 14.1. The second-order valence-electron chi connectivity index (χ2n) is 33.1. The molecular formula is C90H176O17P2. The van der Waals surface area contributed by atoms with Crippen LogP contribution in [0, 0.1) is 11.8 Å². The van der Waals surface area contributed by atoms with Crippen LogP contribution in [0.15, 0.2) is 0 Å². The molecular weight excluding hydrogens is 1410 g/mol. The lowest BCUT2D eigenvalue weighted by atomic mass is 9.99. The van der Waals surface area contributed by atoms with Crippen LogP contribution in [0.3, 0.4) is 0 Å². The second-order valence-corrected chi connectivity index (χ2v) is 36.0. The monoisotopic (exact) mass is 1590 g/mol. The van der Waals surface area contributed by atoms with E-state index in [1.807, 2.05) is 0 Å². The van der Waals surface area contributed by atoms with Crippen molar-refractivity contribution in [2.75, 3.05) is 39.6 Å². The van der Waals surface area contributed by atoms with Crippen molar-refractivity contribution in [3.05, 3.63) is 0 Å². The molecule has 0 amide bonds. The predicted molar refractivity (Wildman–Crippen MR) is 451 cm³/mol. The highest BCUT2D eigenvalue weighted by molar-refractivity contribution is 7.47. The van der Waals surface area contributed by atoms with Crippen molar-refractivity contribution in [1.82, 2.24) is 0 Å². The summed E-state index contributed by atoms with van der Waals surface area (Å²) in [5.41, 5.74) is 0. The van der Waals surface area contributed by atoms with Crippen LogP contribution in [-0.4, -0.2) is 96.7 Å². The van der Waals surface area contributed by atoms with Crippen molar-refractivity contribution in [2.45, 2.75) is 503 Å². The lowest BCUT2D eigenvalue weighted by molar-refractivity contribution is -0.161. The molecule has 0 aliphatic rings. The maximum Gasteiger partial charge on any atom is 0.472 e. The molecule has 0 heterocycles. The molecule has 3 unspecified atom stereocenters. The van der Waals surface area contributed by atoms with Crippen molar-refractivity contribution in [2.24, 2.45) is 11.8 Å². The Labute approximate surface area is 670 Å². The summed E-state index contributed by atoms with van der Waals surface area (Å²) in [6, 6.07) is 0. The molecule has 0 aromatic heterocycles. The minimum atomic E-state index is -4.97. The van der Waals surface area contributed by atoms with Gasteiger partial charge in [0.15, 0.2) is 12.2 Å². The third-order valence-electron chi connectivity index (χ3n) is 21.6. The molecule has 0 saturated heterocycles. The highest BCUT2D eigenvalue weighted by atomic mass is 31.2. The Kier molecular flexibility index (Phi) is 79.8. The van der Waals surface area contributed by atoms with Crippen LogP contribution in [0.25, 0.3) is 0 Å². The lowest BCUT2D eigenvalue weighted by Crippen LogP contribution is -2.30. The van der Waals surface area contributed by atoms with Crippen LogP contribution in [0.1, 0.15) is 485 Å². The normalized spacial score (nSPS) is 14.0. The summed E-state index contributed by atoms with van der Waals surface area (Å²) in [5, 5.41) is 10.7. The highest BCUT2D eigenvalue weighted by Crippen LogP contribution is 2.45. The average Bonchev–Trinajstić information content (AvgIpc) is 0.898. The van der Waals surface area contributed by atoms with Gasteiger partial charge in [-0.3, -0.25) is 37.3 Å². The van der Waals surface area contributed by atoms with E-state index in [4.69, 9.17) is 37.0 Å². The van der Waals surface area contributed by atoms with Gasteiger partial charge < -0.3 is 33.8 Å². The first-order valence-corrected chi connectivity index (χ1v) is 49.5. The van der Waals surface area contributed by atoms with Crippen LogP contribution in [-0.2, 0) is 65.4 Å². The van der Waals surface area contributed by atoms with Crippen molar-refractivity contribution in [1.29, 1.82) is 0 Å². The standard InChI is InChI=1S/C90H176O17P2/c1-7-10-12-14-16-18-20-22-24-26-28-29-30-32-34-40-44-50-57-63-69-74-89(94)106-85(78-100-87(92)72-66-60-54-48-42-38-36-35-37-41-47-53-59-65-71-83(6)9-3)80-104-108(96,97)102-76-84(91)77-103-109(98,99)105-81-86(79-101-88(93)73-67-61-55-51-45-46-52-58-64-70-82(4)5)107-90(95)75-68-62-56-49-43-39-33-31-27-25-23-21-19-17-15-13-11-8-2/h82-86,91H,7-81H2,1-6H3,(H,96,97)(H,98,99)/t83?,84-,85-,86-/m1/s1. The van der Waals surface area contributed by atoms with Gasteiger partial charge in [0.05, 0.1) is 26.4 Å². The molecule has 3 N–H and O–H groups in total. The van der Waals surface area contributed by atoms with Gasteiger partial charge >= 0.3 is 39.5 Å². The Morgan fingerprint density at radius 1 is 0.266 bits per heavy atom. The molecule has 0 saturated carbocycles. The molecule has 0 spiro atoms. The minimum Gasteiger partial charge on any atom is -0.462 e. The molecule has 109 heavy (non-hydrogen) atoms. The lowest BCUT2D eigenvalue weighted by Gasteiger charge is -2.21. The number of carbonyl (C=O) groups excluding carboxylic acids is 4. The Bertz CT molecular complexity index is 2080. The number of esters is 4. The van der Waals surface area contributed by atoms with E-state index < -0.39 is 97.5 Å². The molecule has 0 fully saturated rings. The summed E-state index contributed by atoms with van der Waals surface area (Å²) in [5.74, 6) is -0.503. The van der Waals surface area contributed by atoms with Crippen molar-refractivity contribution in [3.8, 4) is 0 Å². The Morgan fingerprint density at radius 2 is 0.468 bits per heavy atom. The number of carbonyl (C=O) groups is 4. The summed E-state index contributed by atoms with van der Waals surface area (Å²) < 4.78 is 69.1. The summed E-state index contributed by atoms with van der Waals surface area (Å²) in [4.78, 5) is 73.4. The van der Waals surface area contributed by atoms with Crippen LogP contribution in [0.4, 0.5) is 0 Å². The largest absolute Gasteiger partial charge is 0.472 e. The van der Waals surface area contributed by atoms with Gasteiger partial charge in [0, 0.05) is 25.7 Å². The zero-order chi connectivity index (χ0) is 79.9. The first kappa shape index (κ1) is 107. The average molecular weight is 1590 g/mol. The van der Waals surface area contributed by atoms with E-state index in [9.17, 15) is 43.2 Å². The number of aliphatic hydroxyl groups is 1.